The zero-order chi connectivity index (χ0) is 11.0. The van der Waals surface area contributed by atoms with E-state index in [-0.39, 0.29) is 12.1 Å². The van der Waals surface area contributed by atoms with Crippen molar-refractivity contribution < 1.29 is 12.6 Å². The van der Waals surface area contributed by atoms with Crippen molar-refractivity contribution in [2.45, 2.75) is 13.8 Å². The van der Waals surface area contributed by atoms with Crippen LogP contribution in [0.1, 0.15) is 13.8 Å². The van der Waals surface area contributed by atoms with Gasteiger partial charge in [0, 0.05) is 18.0 Å². The van der Waals surface area contributed by atoms with Crippen molar-refractivity contribution in [3.63, 3.8) is 0 Å². The molecule has 0 bridgehead atoms. The fraction of sp³-hybridized carbons (Fsp3) is 1.00. The Labute approximate surface area is 84.2 Å². The molecular weight excluding hydrogens is 208 g/mol. The maximum atomic E-state index is 10.0. The molecule has 0 unspecified atom stereocenters. The second kappa shape index (κ2) is 6.61. The molecule has 0 heterocycles. The van der Waals surface area contributed by atoms with Gasteiger partial charge < -0.3 is 0 Å². The summed E-state index contributed by atoms with van der Waals surface area (Å²) in [5.41, 5.74) is 7.89. The standard InChI is InChI=1S/C6H14N4O3S/c1-6(2,4-9-10-7)3-8-5-13-14(11)12/h8,14H,3-5H2,1-2H3. The lowest BCUT2D eigenvalue weighted by molar-refractivity contribution is 0.259. The molecule has 0 aliphatic rings. The molecule has 0 aromatic rings. The Morgan fingerprint density at radius 2 is 2.21 bits per heavy atom. The maximum Gasteiger partial charge on any atom is 0.258 e. The van der Waals surface area contributed by atoms with Gasteiger partial charge in [0.1, 0.15) is 6.73 Å². The highest BCUT2D eigenvalue weighted by Crippen LogP contribution is 2.13. The van der Waals surface area contributed by atoms with Crippen molar-refractivity contribution in [3.05, 3.63) is 10.4 Å². The van der Waals surface area contributed by atoms with Crippen LogP contribution in [0.25, 0.3) is 10.4 Å². The van der Waals surface area contributed by atoms with Gasteiger partial charge in [0.15, 0.2) is 0 Å². The molecule has 7 nitrogen and oxygen atoms in total. The zero-order valence-corrected chi connectivity index (χ0v) is 9.03. The molecule has 0 spiro atoms. The smallest absolute Gasteiger partial charge is 0.258 e. The first-order valence-electron chi connectivity index (χ1n) is 3.97. The van der Waals surface area contributed by atoms with Crippen LogP contribution in [-0.4, -0.2) is 28.2 Å². The van der Waals surface area contributed by atoms with Crippen LogP contribution < -0.4 is 5.32 Å². The highest BCUT2D eigenvalue weighted by Gasteiger charge is 2.15. The minimum absolute atomic E-state index is 0.0571. The molecule has 82 valence electrons. The third kappa shape index (κ3) is 7.81. The molecule has 0 aromatic carbocycles. The molecule has 0 fully saturated rings. The van der Waals surface area contributed by atoms with Crippen molar-refractivity contribution in [2.75, 3.05) is 19.8 Å². The zero-order valence-electron chi connectivity index (χ0n) is 8.13. The number of nitrogens with zero attached hydrogens (tertiary/aromatic N) is 3. The van der Waals surface area contributed by atoms with E-state index >= 15 is 0 Å². The van der Waals surface area contributed by atoms with E-state index in [0.29, 0.717) is 13.1 Å². The van der Waals surface area contributed by atoms with E-state index in [1.165, 1.54) is 0 Å². The molecule has 0 atom stereocenters. The minimum Gasteiger partial charge on any atom is -0.293 e. The van der Waals surface area contributed by atoms with E-state index in [9.17, 15) is 8.42 Å². The molecule has 0 radical (unpaired) electrons. The largest absolute Gasteiger partial charge is 0.293 e. The Morgan fingerprint density at radius 1 is 1.57 bits per heavy atom. The summed E-state index contributed by atoms with van der Waals surface area (Å²) in [6, 6.07) is 0. The van der Waals surface area contributed by atoms with E-state index in [2.05, 4.69) is 19.5 Å². The normalized spacial score (nSPS) is 11.4. The van der Waals surface area contributed by atoms with Gasteiger partial charge in [0.05, 0.1) is 0 Å². The number of azide groups is 1. The molecule has 0 aliphatic heterocycles. The van der Waals surface area contributed by atoms with Crippen molar-refractivity contribution >= 4 is 11.0 Å². The molecule has 0 amide bonds. The van der Waals surface area contributed by atoms with Crippen LogP contribution in [0.2, 0.25) is 0 Å². The summed E-state index contributed by atoms with van der Waals surface area (Å²) in [6.45, 7) is 4.59. The molecule has 0 saturated heterocycles. The van der Waals surface area contributed by atoms with Crippen molar-refractivity contribution in [2.24, 2.45) is 10.5 Å². The van der Waals surface area contributed by atoms with Gasteiger partial charge in [0.25, 0.3) is 11.0 Å². The van der Waals surface area contributed by atoms with Gasteiger partial charge in [-0.1, -0.05) is 19.0 Å². The third-order valence-corrected chi connectivity index (χ3v) is 1.78. The fourth-order valence-corrected chi connectivity index (χ4v) is 0.963. The fourth-order valence-electron chi connectivity index (χ4n) is 0.767. The highest BCUT2D eigenvalue weighted by atomic mass is 32.2. The van der Waals surface area contributed by atoms with Gasteiger partial charge >= 0.3 is 0 Å². The van der Waals surface area contributed by atoms with Gasteiger partial charge in [-0.3, -0.25) is 9.50 Å². The van der Waals surface area contributed by atoms with Crippen LogP contribution in [0.15, 0.2) is 5.11 Å². The summed E-state index contributed by atoms with van der Waals surface area (Å²) in [6.07, 6.45) is 0. The quantitative estimate of drug-likeness (QED) is 0.162. The Bertz CT molecular complexity index is 275. The van der Waals surface area contributed by atoms with E-state index in [0.717, 1.165) is 0 Å². The van der Waals surface area contributed by atoms with Crippen LogP contribution in [0.3, 0.4) is 0 Å². The summed E-state index contributed by atoms with van der Waals surface area (Å²) >= 11 is 0. The van der Waals surface area contributed by atoms with Crippen molar-refractivity contribution in [1.29, 1.82) is 0 Å². The number of rotatable bonds is 7. The van der Waals surface area contributed by atoms with Crippen molar-refractivity contribution in [3.8, 4) is 0 Å². The molecule has 0 saturated carbocycles. The summed E-state index contributed by atoms with van der Waals surface area (Å²) in [5, 5.41) is 6.21. The monoisotopic (exact) mass is 222 g/mol. The topological polar surface area (TPSA) is 104 Å². The van der Waals surface area contributed by atoms with Gasteiger partial charge in [-0.15, -0.1) is 0 Å². The van der Waals surface area contributed by atoms with E-state index in [1.807, 2.05) is 13.8 Å². The lowest BCUT2D eigenvalue weighted by Crippen LogP contribution is -2.32. The minimum atomic E-state index is -2.80. The Balaban J connectivity index is 3.69. The SMILES string of the molecule is CC(C)(CN=[N+]=[N-])CNCO[SH](=O)=O. The molecule has 8 heteroatoms. The third-order valence-electron chi connectivity index (χ3n) is 1.44. The first kappa shape index (κ1) is 13.2. The van der Waals surface area contributed by atoms with Crippen LogP contribution in [0, 0.1) is 5.41 Å². The number of nitrogens with one attached hydrogen (secondary N) is 1. The lowest BCUT2D eigenvalue weighted by Gasteiger charge is -2.21. The molecule has 1 N–H and O–H groups in total. The van der Waals surface area contributed by atoms with E-state index in [4.69, 9.17) is 5.53 Å². The Hall–Kier alpha value is -0.820. The number of hydrogen-bond donors (Lipinski definition) is 2. The maximum absolute atomic E-state index is 10.0. The summed E-state index contributed by atoms with van der Waals surface area (Å²) in [5.74, 6) is 0. The predicted octanol–water partition coefficient (Wildman–Crippen LogP) is 0.413. The lowest BCUT2D eigenvalue weighted by atomic mass is 9.94. The van der Waals surface area contributed by atoms with Crippen molar-refractivity contribution in [1.82, 2.24) is 5.32 Å². The van der Waals surface area contributed by atoms with Crippen LogP contribution >= 0.6 is 0 Å². The predicted molar refractivity (Wildman–Crippen MR) is 52.1 cm³/mol. The van der Waals surface area contributed by atoms with E-state index < -0.39 is 11.0 Å². The second-order valence-electron chi connectivity index (χ2n) is 3.48. The summed E-state index contributed by atoms with van der Waals surface area (Å²) < 4.78 is 24.3. The Kier molecular flexibility index (Phi) is 6.22. The van der Waals surface area contributed by atoms with Gasteiger partial charge in [-0.25, -0.2) is 8.42 Å². The van der Waals surface area contributed by atoms with Crippen LogP contribution in [0.5, 0.6) is 0 Å². The van der Waals surface area contributed by atoms with E-state index in [1.54, 1.807) is 0 Å². The van der Waals surface area contributed by atoms with Crippen LogP contribution in [0.4, 0.5) is 0 Å². The first-order valence-corrected chi connectivity index (χ1v) is 5.06. The molecule has 0 aliphatic carbocycles. The summed E-state index contributed by atoms with van der Waals surface area (Å²) in [7, 11) is -2.80. The molecule has 0 rings (SSSR count). The molecule has 0 aromatic heterocycles. The summed E-state index contributed by atoms with van der Waals surface area (Å²) in [4.78, 5) is 2.65. The Morgan fingerprint density at radius 3 is 2.71 bits per heavy atom. The molecular formula is C6H14N4O3S. The number of hydrogen-bond acceptors (Lipinski definition) is 5. The van der Waals surface area contributed by atoms with Gasteiger partial charge in [0.2, 0.25) is 0 Å². The average Bonchev–Trinajstić information content (AvgIpc) is 2.09. The highest BCUT2D eigenvalue weighted by molar-refractivity contribution is 7.67. The molecule has 14 heavy (non-hydrogen) atoms. The van der Waals surface area contributed by atoms with Gasteiger partial charge in [-0.2, -0.15) is 0 Å². The van der Waals surface area contributed by atoms with Gasteiger partial charge in [-0.05, 0) is 10.9 Å². The first-order chi connectivity index (χ1) is 6.48. The second-order valence-corrected chi connectivity index (χ2v) is 4.18. The van der Waals surface area contributed by atoms with Crippen LogP contribution in [-0.2, 0) is 15.2 Å². The average molecular weight is 222 g/mol. The number of thiol groups is 1.